The molecule has 0 unspecified atom stereocenters. The highest BCUT2D eigenvalue weighted by Gasteiger charge is 2.14. The third kappa shape index (κ3) is 4.67. The lowest BCUT2D eigenvalue weighted by Crippen LogP contribution is -2.12. The van der Waals surface area contributed by atoms with Crippen LogP contribution in [0.25, 0.3) is 11.4 Å². The molecule has 4 rings (SSSR count). The summed E-state index contributed by atoms with van der Waals surface area (Å²) in [5, 5.41) is 12.0. The maximum absolute atomic E-state index is 6.20. The van der Waals surface area contributed by atoms with Crippen LogP contribution in [0.2, 0.25) is 0 Å². The molecule has 0 radical (unpaired) electrons. The Labute approximate surface area is 183 Å². The van der Waals surface area contributed by atoms with Gasteiger partial charge in [-0.3, -0.25) is 0 Å². The monoisotopic (exact) mass is 435 g/mol. The molecule has 0 fully saturated rings. The minimum atomic E-state index is 0.109. The number of nitrogens with two attached hydrogens (primary N) is 2. The van der Waals surface area contributed by atoms with E-state index in [1.807, 2.05) is 55.5 Å². The Morgan fingerprint density at radius 3 is 2.58 bits per heavy atom. The second-order valence-electron chi connectivity index (χ2n) is 6.59. The van der Waals surface area contributed by atoms with E-state index in [1.54, 1.807) is 7.11 Å². The Hall–Kier alpha value is -3.86. The molecule has 31 heavy (non-hydrogen) atoms. The summed E-state index contributed by atoms with van der Waals surface area (Å²) in [6.45, 7) is 2.02. The van der Waals surface area contributed by atoms with Crippen molar-refractivity contribution in [2.45, 2.75) is 17.8 Å². The first-order valence-electron chi connectivity index (χ1n) is 9.34. The average Bonchev–Trinajstić information content (AvgIpc) is 3.13. The van der Waals surface area contributed by atoms with E-state index < -0.39 is 0 Å². The molecule has 4 aromatic rings. The zero-order valence-electron chi connectivity index (χ0n) is 17.0. The van der Waals surface area contributed by atoms with Gasteiger partial charge >= 0.3 is 0 Å². The second kappa shape index (κ2) is 8.88. The van der Waals surface area contributed by atoms with Gasteiger partial charge < -0.3 is 21.6 Å². The minimum absolute atomic E-state index is 0.109. The molecule has 0 bridgehead atoms. The molecule has 10 nitrogen and oxygen atoms in total. The van der Waals surface area contributed by atoms with Crippen molar-refractivity contribution in [3.05, 3.63) is 59.9 Å². The molecule has 0 spiro atoms. The number of hydrogen-bond donors (Lipinski definition) is 3. The quantitative estimate of drug-likeness (QED) is 0.293. The fourth-order valence-corrected chi connectivity index (χ4v) is 3.54. The molecule has 158 valence electrons. The standard InChI is InChI=1S/C20H21N9OS/c1-12-7-9-13(10-8-12)17-27-28-20(29(17)22)31-11-16-24-18(21)26-19(25-16)23-14-5-3-4-6-15(14)30-2/h3-10H,11,22H2,1-2H3,(H3,21,23,24,25,26). The van der Waals surface area contributed by atoms with Crippen LogP contribution in [0.3, 0.4) is 0 Å². The number of para-hydroxylation sites is 2. The van der Waals surface area contributed by atoms with E-state index in [2.05, 4.69) is 30.5 Å². The van der Waals surface area contributed by atoms with Crippen molar-refractivity contribution in [2.24, 2.45) is 0 Å². The van der Waals surface area contributed by atoms with Gasteiger partial charge in [0, 0.05) is 5.56 Å². The first-order chi connectivity index (χ1) is 15.0. The Morgan fingerprint density at radius 2 is 1.81 bits per heavy atom. The Kier molecular flexibility index (Phi) is 5.85. The first-order valence-corrected chi connectivity index (χ1v) is 10.3. The third-order valence-electron chi connectivity index (χ3n) is 4.36. The van der Waals surface area contributed by atoms with Gasteiger partial charge in [-0.25, -0.2) is 4.68 Å². The molecule has 11 heteroatoms. The summed E-state index contributed by atoms with van der Waals surface area (Å²) in [5.41, 5.74) is 8.64. The van der Waals surface area contributed by atoms with Gasteiger partial charge in [0.05, 0.1) is 18.6 Å². The number of nitrogens with zero attached hydrogens (tertiary/aromatic N) is 6. The summed E-state index contributed by atoms with van der Waals surface area (Å²) in [7, 11) is 1.60. The zero-order valence-corrected chi connectivity index (χ0v) is 17.8. The maximum Gasteiger partial charge on any atom is 0.232 e. The van der Waals surface area contributed by atoms with E-state index in [9.17, 15) is 0 Å². The summed E-state index contributed by atoms with van der Waals surface area (Å²) in [6, 6.07) is 15.4. The summed E-state index contributed by atoms with van der Waals surface area (Å²) in [6.07, 6.45) is 0. The van der Waals surface area contributed by atoms with Crippen molar-refractivity contribution in [3.8, 4) is 17.1 Å². The summed E-state index contributed by atoms with van der Waals surface area (Å²) < 4.78 is 6.79. The van der Waals surface area contributed by atoms with Gasteiger partial charge in [0.1, 0.15) is 11.6 Å². The lowest BCUT2D eigenvalue weighted by Gasteiger charge is -2.10. The molecule has 0 atom stereocenters. The van der Waals surface area contributed by atoms with Crippen LogP contribution in [0.5, 0.6) is 5.75 Å². The van der Waals surface area contributed by atoms with Crippen molar-refractivity contribution in [1.82, 2.24) is 29.8 Å². The highest BCUT2D eigenvalue weighted by Crippen LogP contribution is 2.27. The Bertz CT molecular complexity index is 1190. The normalized spacial score (nSPS) is 10.8. The number of nitrogen functional groups attached to an aromatic ring is 2. The van der Waals surface area contributed by atoms with E-state index in [0.29, 0.717) is 34.3 Å². The SMILES string of the molecule is COc1ccccc1Nc1nc(N)nc(CSc2nnc(-c3ccc(C)cc3)n2N)n1. The van der Waals surface area contributed by atoms with Crippen LogP contribution in [0.4, 0.5) is 17.6 Å². The molecule has 0 saturated carbocycles. The number of methoxy groups -OCH3 is 1. The van der Waals surface area contributed by atoms with Crippen LogP contribution >= 0.6 is 11.8 Å². The fraction of sp³-hybridized carbons (Fsp3) is 0.150. The summed E-state index contributed by atoms with van der Waals surface area (Å²) >= 11 is 1.35. The number of aryl methyl sites for hydroxylation is 1. The van der Waals surface area contributed by atoms with Crippen LogP contribution in [0, 0.1) is 6.92 Å². The molecule has 0 saturated heterocycles. The lowest BCUT2D eigenvalue weighted by atomic mass is 10.1. The minimum Gasteiger partial charge on any atom is -0.495 e. The predicted molar refractivity (Wildman–Crippen MR) is 120 cm³/mol. The van der Waals surface area contributed by atoms with Crippen molar-refractivity contribution in [2.75, 3.05) is 24.0 Å². The van der Waals surface area contributed by atoms with Gasteiger partial charge in [-0.2, -0.15) is 15.0 Å². The number of benzene rings is 2. The lowest BCUT2D eigenvalue weighted by molar-refractivity contribution is 0.417. The molecule has 2 aromatic heterocycles. The van der Waals surface area contributed by atoms with Crippen molar-refractivity contribution in [3.63, 3.8) is 0 Å². The Morgan fingerprint density at radius 1 is 1.03 bits per heavy atom. The van der Waals surface area contributed by atoms with Gasteiger partial charge in [0.2, 0.25) is 17.1 Å². The van der Waals surface area contributed by atoms with E-state index in [1.165, 1.54) is 16.4 Å². The van der Waals surface area contributed by atoms with Crippen LogP contribution in [-0.4, -0.2) is 36.9 Å². The topological polar surface area (TPSA) is 143 Å². The molecular formula is C20H21N9OS. The molecule has 0 aliphatic carbocycles. The molecule has 0 aliphatic heterocycles. The summed E-state index contributed by atoms with van der Waals surface area (Å²) in [5.74, 6) is 8.74. The van der Waals surface area contributed by atoms with Gasteiger partial charge in [-0.1, -0.05) is 53.7 Å². The number of nitrogens with one attached hydrogen (secondary N) is 1. The number of hydrogen-bond acceptors (Lipinski definition) is 10. The molecule has 5 N–H and O–H groups in total. The van der Waals surface area contributed by atoms with Crippen molar-refractivity contribution in [1.29, 1.82) is 0 Å². The molecule has 2 aromatic carbocycles. The third-order valence-corrected chi connectivity index (χ3v) is 5.30. The number of rotatable bonds is 7. The van der Waals surface area contributed by atoms with Crippen LogP contribution < -0.4 is 21.6 Å². The van der Waals surface area contributed by atoms with Crippen LogP contribution in [-0.2, 0) is 5.75 Å². The zero-order chi connectivity index (χ0) is 21.8. The largest absolute Gasteiger partial charge is 0.495 e. The highest BCUT2D eigenvalue weighted by atomic mass is 32.2. The molecular weight excluding hydrogens is 414 g/mol. The summed E-state index contributed by atoms with van der Waals surface area (Å²) in [4.78, 5) is 12.8. The number of ether oxygens (including phenoxy) is 1. The van der Waals surface area contributed by atoms with E-state index in [0.717, 1.165) is 16.8 Å². The first kappa shape index (κ1) is 20.4. The molecule has 2 heterocycles. The predicted octanol–water partition coefficient (Wildman–Crippen LogP) is 2.78. The van der Waals surface area contributed by atoms with Gasteiger partial charge in [-0.05, 0) is 19.1 Å². The highest BCUT2D eigenvalue weighted by molar-refractivity contribution is 7.98. The van der Waals surface area contributed by atoms with Gasteiger partial charge in [0.25, 0.3) is 0 Å². The van der Waals surface area contributed by atoms with Gasteiger partial charge in [0.15, 0.2) is 5.82 Å². The molecule has 0 amide bonds. The number of thioether (sulfide) groups is 1. The van der Waals surface area contributed by atoms with Crippen molar-refractivity contribution < 1.29 is 4.74 Å². The van der Waals surface area contributed by atoms with Crippen LogP contribution in [0.15, 0.2) is 53.7 Å². The average molecular weight is 436 g/mol. The van der Waals surface area contributed by atoms with E-state index in [-0.39, 0.29) is 5.95 Å². The maximum atomic E-state index is 6.20. The Balaban J connectivity index is 1.50. The number of anilines is 3. The number of aromatic nitrogens is 6. The van der Waals surface area contributed by atoms with Gasteiger partial charge in [-0.15, -0.1) is 10.2 Å². The molecule has 0 aliphatic rings. The van der Waals surface area contributed by atoms with Crippen LogP contribution in [0.1, 0.15) is 11.4 Å². The van der Waals surface area contributed by atoms with E-state index >= 15 is 0 Å². The smallest absolute Gasteiger partial charge is 0.232 e. The fourth-order valence-electron chi connectivity index (χ4n) is 2.83. The second-order valence-corrected chi connectivity index (χ2v) is 7.53. The van der Waals surface area contributed by atoms with E-state index in [4.69, 9.17) is 16.3 Å². The van der Waals surface area contributed by atoms with Crippen molar-refractivity contribution >= 4 is 29.3 Å².